The van der Waals surface area contributed by atoms with E-state index in [9.17, 15) is 9.59 Å². The molecule has 3 rings (SSSR count). The highest BCUT2D eigenvalue weighted by Gasteiger charge is 2.36. The molecule has 0 spiro atoms. The number of amides is 2. The highest BCUT2D eigenvalue weighted by Crippen LogP contribution is 2.32. The van der Waals surface area contributed by atoms with Crippen molar-refractivity contribution in [1.29, 1.82) is 0 Å². The number of hydrogen-bond donors (Lipinski definition) is 1. The Hall–Kier alpha value is -2.05. The van der Waals surface area contributed by atoms with Crippen LogP contribution in [0, 0.1) is 11.8 Å². The van der Waals surface area contributed by atoms with Crippen LogP contribution in [0.3, 0.4) is 0 Å². The van der Waals surface area contributed by atoms with Crippen molar-refractivity contribution >= 4 is 12.0 Å². The molecule has 2 aliphatic rings. The van der Waals surface area contributed by atoms with Gasteiger partial charge in [-0.2, -0.15) is 5.10 Å². The number of piperidine rings is 1. The molecule has 2 amide bonds. The van der Waals surface area contributed by atoms with E-state index in [1.165, 1.54) is 0 Å². The smallest absolute Gasteiger partial charge is 0.410 e. The van der Waals surface area contributed by atoms with Gasteiger partial charge in [0.25, 0.3) is 5.91 Å². The highest BCUT2D eigenvalue weighted by atomic mass is 16.6. The second-order valence-electron chi connectivity index (χ2n) is 8.10. The van der Waals surface area contributed by atoms with E-state index in [0.29, 0.717) is 17.5 Å². The van der Waals surface area contributed by atoms with Crippen LogP contribution in [0.4, 0.5) is 4.79 Å². The van der Waals surface area contributed by atoms with E-state index in [1.807, 2.05) is 30.6 Å². The molecule has 0 aromatic carbocycles. The first-order valence-electron chi connectivity index (χ1n) is 9.10. The lowest BCUT2D eigenvalue weighted by Crippen LogP contribution is -2.43. The summed E-state index contributed by atoms with van der Waals surface area (Å²) in [6.45, 7) is 8.67. The van der Waals surface area contributed by atoms with Crippen LogP contribution in [0.5, 0.6) is 0 Å². The molecule has 1 N–H and O–H groups in total. The number of hydrogen-bond acceptors (Lipinski definition) is 4. The molecule has 0 radical (unpaired) electrons. The van der Waals surface area contributed by atoms with Crippen molar-refractivity contribution in [3.8, 4) is 0 Å². The second-order valence-corrected chi connectivity index (χ2v) is 8.10. The first kappa shape index (κ1) is 17.8. The summed E-state index contributed by atoms with van der Waals surface area (Å²) in [6, 6.07) is 1.71. The van der Waals surface area contributed by atoms with E-state index in [1.54, 1.807) is 12.3 Å². The van der Waals surface area contributed by atoms with Gasteiger partial charge in [0.05, 0.1) is 0 Å². The Labute approximate surface area is 148 Å². The number of nitrogens with zero attached hydrogens (tertiary/aromatic N) is 3. The number of likely N-dealkylation sites (tertiary alicyclic amines) is 2. The summed E-state index contributed by atoms with van der Waals surface area (Å²) in [5.74, 6) is 0.891. The normalized spacial score (nSPS) is 24.4. The van der Waals surface area contributed by atoms with Crippen molar-refractivity contribution in [2.75, 3.05) is 26.2 Å². The summed E-state index contributed by atoms with van der Waals surface area (Å²) in [6.07, 6.45) is 4.48. The van der Waals surface area contributed by atoms with Crippen LogP contribution in [0.15, 0.2) is 12.3 Å². The molecule has 2 saturated heterocycles. The Morgan fingerprint density at radius 3 is 2.56 bits per heavy atom. The Kier molecular flexibility index (Phi) is 5.01. The number of aromatic amines is 1. The van der Waals surface area contributed by atoms with E-state index in [0.717, 1.165) is 45.4 Å². The molecule has 2 atom stereocenters. The molecule has 2 aliphatic heterocycles. The van der Waals surface area contributed by atoms with Gasteiger partial charge in [0.1, 0.15) is 11.3 Å². The number of carbonyl (C=O) groups is 2. The van der Waals surface area contributed by atoms with Crippen LogP contribution in [0.1, 0.15) is 50.5 Å². The van der Waals surface area contributed by atoms with Crippen molar-refractivity contribution in [2.24, 2.45) is 11.8 Å². The van der Waals surface area contributed by atoms with Gasteiger partial charge in [-0.1, -0.05) is 0 Å². The zero-order valence-corrected chi connectivity index (χ0v) is 15.3. The molecule has 25 heavy (non-hydrogen) atoms. The number of aromatic nitrogens is 2. The summed E-state index contributed by atoms with van der Waals surface area (Å²) >= 11 is 0. The standard InChI is InChI=1S/C18H28N4O3/c1-18(2,3)25-17(24)22-10-7-14(12-22)13-5-4-9-21(11-13)16(23)15-6-8-19-20-15/h6,8,13-14H,4-5,7,9-12H2,1-3H3,(H,19,20)/t13-,14+/m1/s1. The third-order valence-corrected chi connectivity index (χ3v) is 5.02. The predicted octanol–water partition coefficient (Wildman–Crippen LogP) is 2.52. The minimum Gasteiger partial charge on any atom is -0.444 e. The molecule has 7 heteroatoms. The van der Waals surface area contributed by atoms with Gasteiger partial charge < -0.3 is 14.5 Å². The van der Waals surface area contributed by atoms with Crippen molar-refractivity contribution < 1.29 is 14.3 Å². The van der Waals surface area contributed by atoms with Crippen LogP contribution in [0.2, 0.25) is 0 Å². The molecule has 0 saturated carbocycles. The third-order valence-electron chi connectivity index (χ3n) is 5.02. The summed E-state index contributed by atoms with van der Waals surface area (Å²) in [4.78, 5) is 28.5. The fourth-order valence-electron chi connectivity index (χ4n) is 3.79. The second kappa shape index (κ2) is 7.06. The maximum atomic E-state index is 12.5. The first-order valence-corrected chi connectivity index (χ1v) is 9.10. The Morgan fingerprint density at radius 1 is 1.16 bits per heavy atom. The average Bonchev–Trinajstić information content (AvgIpc) is 3.24. The van der Waals surface area contributed by atoms with Gasteiger partial charge in [0.15, 0.2) is 0 Å². The zero-order valence-electron chi connectivity index (χ0n) is 15.3. The van der Waals surface area contributed by atoms with Gasteiger partial charge >= 0.3 is 6.09 Å². The van der Waals surface area contributed by atoms with Crippen LogP contribution in [0.25, 0.3) is 0 Å². The minimum atomic E-state index is -0.465. The number of ether oxygens (including phenoxy) is 1. The van der Waals surface area contributed by atoms with E-state index in [2.05, 4.69) is 10.2 Å². The highest BCUT2D eigenvalue weighted by molar-refractivity contribution is 5.92. The summed E-state index contributed by atoms with van der Waals surface area (Å²) in [7, 11) is 0. The van der Waals surface area contributed by atoms with Crippen LogP contribution in [-0.2, 0) is 4.74 Å². The topological polar surface area (TPSA) is 78.5 Å². The molecule has 0 unspecified atom stereocenters. The fraction of sp³-hybridized carbons (Fsp3) is 0.722. The van der Waals surface area contributed by atoms with Crippen molar-refractivity contribution in [1.82, 2.24) is 20.0 Å². The van der Waals surface area contributed by atoms with E-state index < -0.39 is 5.60 Å². The molecule has 3 heterocycles. The molecule has 2 fully saturated rings. The van der Waals surface area contributed by atoms with E-state index in [4.69, 9.17) is 4.74 Å². The van der Waals surface area contributed by atoms with Crippen LogP contribution < -0.4 is 0 Å². The molecule has 0 bridgehead atoms. The van der Waals surface area contributed by atoms with Gasteiger partial charge in [0, 0.05) is 32.4 Å². The minimum absolute atomic E-state index is 0.0178. The number of nitrogens with one attached hydrogen (secondary N) is 1. The monoisotopic (exact) mass is 348 g/mol. The first-order chi connectivity index (χ1) is 11.8. The molecule has 138 valence electrons. The Balaban J connectivity index is 1.56. The van der Waals surface area contributed by atoms with E-state index >= 15 is 0 Å². The van der Waals surface area contributed by atoms with Crippen LogP contribution in [-0.4, -0.2) is 63.8 Å². The summed E-state index contributed by atoms with van der Waals surface area (Å²) < 4.78 is 5.48. The Morgan fingerprint density at radius 2 is 1.88 bits per heavy atom. The third kappa shape index (κ3) is 4.32. The SMILES string of the molecule is CC(C)(C)OC(=O)N1CC[C@H]([C@@H]2CCCN(C(=O)c3ccn[nH]3)C2)C1. The predicted molar refractivity (Wildman–Crippen MR) is 93.1 cm³/mol. The number of carbonyl (C=O) groups excluding carboxylic acids is 2. The lowest BCUT2D eigenvalue weighted by atomic mass is 9.85. The largest absolute Gasteiger partial charge is 0.444 e. The van der Waals surface area contributed by atoms with Gasteiger partial charge in [-0.05, 0) is 57.9 Å². The van der Waals surface area contributed by atoms with Crippen molar-refractivity contribution in [3.05, 3.63) is 18.0 Å². The maximum Gasteiger partial charge on any atom is 0.410 e. The van der Waals surface area contributed by atoms with Crippen molar-refractivity contribution in [3.63, 3.8) is 0 Å². The number of H-pyrrole nitrogens is 1. The maximum absolute atomic E-state index is 12.5. The van der Waals surface area contributed by atoms with E-state index in [-0.39, 0.29) is 12.0 Å². The summed E-state index contributed by atoms with van der Waals surface area (Å²) in [5.41, 5.74) is 0.0790. The lowest BCUT2D eigenvalue weighted by molar-refractivity contribution is 0.0274. The molecule has 1 aromatic heterocycles. The van der Waals surface area contributed by atoms with Gasteiger partial charge in [-0.15, -0.1) is 0 Å². The fourth-order valence-corrected chi connectivity index (χ4v) is 3.79. The average molecular weight is 348 g/mol. The summed E-state index contributed by atoms with van der Waals surface area (Å²) in [5, 5.41) is 6.61. The molecular weight excluding hydrogens is 320 g/mol. The van der Waals surface area contributed by atoms with Crippen LogP contribution >= 0.6 is 0 Å². The van der Waals surface area contributed by atoms with Gasteiger partial charge in [0.2, 0.25) is 0 Å². The lowest BCUT2D eigenvalue weighted by Gasteiger charge is -2.35. The van der Waals surface area contributed by atoms with Gasteiger partial charge in [-0.25, -0.2) is 4.79 Å². The molecule has 0 aliphatic carbocycles. The Bertz CT molecular complexity index is 608. The molecular formula is C18H28N4O3. The molecule has 7 nitrogen and oxygen atoms in total. The zero-order chi connectivity index (χ0) is 18.0. The quantitative estimate of drug-likeness (QED) is 0.891. The number of rotatable bonds is 2. The van der Waals surface area contributed by atoms with Crippen molar-refractivity contribution in [2.45, 2.75) is 45.6 Å². The van der Waals surface area contributed by atoms with Gasteiger partial charge in [-0.3, -0.25) is 9.89 Å². The molecule has 1 aromatic rings.